The van der Waals surface area contributed by atoms with Gasteiger partial charge in [-0.05, 0) is 63.3 Å². The topological polar surface area (TPSA) is 66.8 Å². The predicted molar refractivity (Wildman–Crippen MR) is 150 cm³/mol. The molecule has 2 aromatic rings. The van der Waals surface area contributed by atoms with E-state index in [4.69, 9.17) is 4.74 Å². The Morgan fingerprint density at radius 2 is 1.11 bits per heavy atom. The highest BCUT2D eigenvalue weighted by Crippen LogP contribution is 2.46. The van der Waals surface area contributed by atoms with Crippen LogP contribution in [-0.2, 0) is 32.9 Å². The molecule has 0 radical (unpaired) electrons. The molecule has 0 aliphatic heterocycles. The van der Waals surface area contributed by atoms with Crippen LogP contribution in [0.4, 0.5) is 0 Å². The molecule has 2 aromatic carbocycles. The fourth-order valence-electron chi connectivity index (χ4n) is 4.58. The maximum absolute atomic E-state index is 13.1. The molecule has 0 saturated carbocycles. The third-order valence-corrected chi connectivity index (χ3v) is 6.62. The molecule has 0 atom stereocenters. The largest absolute Gasteiger partial charge is 0.507 e. The van der Waals surface area contributed by atoms with E-state index < -0.39 is 5.41 Å². The van der Waals surface area contributed by atoms with E-state index in [0.717, 1.165) is 27.8 Å². The van der Waals surface area contributed by atoms with Crippen molar-refractivity contribution in [2.45, 2.75) is 125 Å². The van der Waals surface area contributed by atoms with Crippen molar-refractivity contribution < 1.29 is 19.7 Å². The van der Waals surface area contributed by atoms with Gasteiger partial charge in [-0.25, -0.2) is 0 Å². The molecule has 4 nitrogen and oxygen atoms in total. The molecule has 0 saturated heterocycles. The van der Waals surface area contributed by atoms with Crippen molar-refractivity contribution in [3.05, 3.63) is 51.6 Å². The molecular formula is C32H48O4. The molecule has 0 heterocycles. The SMILES string of the molecule is Cc1cc(C(C)(C)C)c(O)c(C(C)(C)C)c1OC(=O)CCc1cc(C(C)(C)C)c(O)c(C(C)(C)C)c1. The van der Waals surface area contributed by atoms with Crippen molar-refractivity contribution in [3.63, 3.8) is 0 Å². The summed E-state index contributed by atoms with van der Waals surface area (Å²) >= 11 is 0. The second-order valence-electron chi connectivity index (χ2n) is 14.3. The van der Waals surface area contributed by atoms with Gasteiger partial charge in [-0.3, -0.25) is 4.79 Å². The summed E-state index contributed by atoms with van der Waals surface area (Å²) in [5.41, 5.74) is 3.99. The number of esters is 1. The Morgan fingerprint density at radius 1 is 0.694 bits per heavy atom. The second-order valence-corrected chi connectivity index (χ2v) is 14.3. The number of aromatic hydroxyl groups is 2. The highest BCUT2D eigenvalue weighted by molar-refractivity contribution is 5.75. The molecule has 200 valence electrons. The van der Waals surface area contributed by atoms with Crippen LogP contribution in [0, 0.1) is 6.92 Å². The zero-order valence-electron chi connectivity index (χ0n) is 24.9. The van der Waals surface area contributed by atoms with Crippen LogP contribution in [-0.4, -0.2) is 16.2 Å². The first-order valence-electron chi connectivity index (χ1n) is 13.0. The van der Waals surface area contributed by atoms with Gasteiger partial charge in [0.05, 0.1) is 0 Å². The van der Waals surface area contributed by atoms with Crippen LogP contribution >= 0.6 is 0 Å². The third kappa shape index (κ3) is 6.63. The van der Waals surface area contributed by atoms with Gasteiger partial charge in [-0.2, -0.15) is 0 Å². The van der Waals surface area contributed by atoms with Gasteiger partial charge >= 0.3 is 5.97 Å². The predicted octanol–water partition coefficient (Wildman–Crippen LogP) is 8.13. The van der Waals surface area contributed by atoms with Gasteiger partial charge in [0.15, 0.2) is 0 Å². The van der Waals surface area contributed by atoms with Gasteiger partial charge < -0.3 is 14.9 Å². The van der Waals surface area contributed by atoms with E-state index in [9.17, 15) is 15.0 Å². The summed E-state index contributed by atoms with van der Waals surface area (Å²) in [6, 6.07) is 5.94. The van der Waals surface area contributed by atoms with Crippen molar-refractivity contribution >= 4 is 5.97 Å². The van der Waals surface area contributed by atoms with E-state index in [1.807, 2.05) is 45.9 Å². The number of hydrogen-bond donors (Lipinski definition) is 2. The lowest BCUT2D eigenvalue weighted by molar-refractivity contribution is -0.134. The van der Waals surface area contributed by atoms with Crippen LogP contribution < -0.4 is 4.74 Å². The molecular weight excluding hydrogens is 448 g/mol. The molecule has 0 fully saturated rings. The number of rotatable bonds is 4. The van der Waals surface area contributed by atoms with E-state index in [0.29, 0.717) is 23.5 Å². The molecule has 0 aromatic heterocycles. The number of carbonyl (C=O) groups is 1. The van der Waals surface area contributed by atoms with Crippen LogP contribution in [0.25, 0.3) is 0 Å². The van der Waals surface area contributed by atoms with Crippen LogP contribution in [0.2, 0.25) is 0 Å². The molecule has 0 unspecified atom stereocenters. The van der Waals surface area contributed by atoms with Gasteiger partial charge in [0.2, 0.25) is 0 Å². The highest BCUT2D eigenvalue weighted by Gasteiger charge is 2.32. The Balaban J connectivity index is 2.43. The van der Waals surface area contributed by atoms with E-state index >= 15 is 0 Å². The summed E-state index contributed by atoms with van der Waals surface area (Å²) in [4.78, 5) is 13.1. The monoisotopic (exact) mass is 496 g/mol. The van der Waals surface area contributed by atoms with Gasteiger partial charge in [0, 0.05) is 17.5 Å². The first kappa shape index (κ1) is 29.7. The standard InChI is InChI=1S/C32H48O4/c1-19-16-21(29(2,3)4)27(35)25(32(11,12)13)28(19)36-24(33)15-14-20-17-22(30(5,6)7)26(34)23(18-20)31(8,9)10/h16-18,34-35H,14-15H2,1-13H3. The Labute approximate surface area is 219 Å². The van der Waals surface area contributed by atoms with Crippen LogP contribution in [0.1, 0.15) is 123 Å². The molecule has 0 aliphatic carbocycles. The Hall–Kier alpha value is -2.49. The number of aryl methyl sites for hydroxylation is 2. The van der Waals surface area contributed by atoms with Crippen LogP contribution in [0.3, 0.4) is 0 Å². The van der Waals surface area contributed by atoms with Crippen molar-refractivity contribution in [1.82, 2.24) is 0 Å². The zero-order chi connectivity index (χ0) is 28.0. The summed E-state index contributed by atoms with van der Waals surface area (Å²) < 4.78 is 5.94. The average molecular weight is 497 g/mol. The highest BCUT2D eigenvalue weighted by atomic mass is 16.5. The Bertz CT molecular complexity index is 1090. The first-order chi connectivity index (χ1) is 16.0. The molecule has 2 rings (SSSR count). The van der Waals surface area contributed by atoms with E-state index in [2.05, 4.69) is 62.3 Å². The van der Waals surface area contributed by atoms with Crippen molar-refractivity contribution in [2.24, 2.45) is 0 Å². The summed E-state index contributed by atoms with van der Waals surface area (Å²) in [6.07, 6.45) is 0.698. The number of hydrogen-bond acceptors (Lipinski definition) is 4. The molecule has 0 bridgehead atoms. The van der Waals surface area contributed by atoms with Crippen molar-refractivity contribution in [1.29, 1.82) is 0 Å². The first-order valence-corrected chi connectivity index (χ1v) is 13.0. The average Bonchev–Trinajstić information content (AvgIpc) is 2.65. The third-order valence-electron chi connectivity index (χ3n) is 6.62. The minimum Gasteiger partial charge on any atom is -0.507 e. The molecule has 4 heteroatoms. The van der Waals surface area contributed by atoms with E-state index in [1.165, 1.54) is 0 Å². The number of benzene rings is 2. The zero-order valence-corrected chi connectivity index (χ0v) is 24.9. The van der Waals surface area contributed by atoms with E-state index in [1.54, 1.807) is 0 Å². The Morgan fingerprint density at radius 3 is 1.50 bits per heavy atom. The summed E-state index contributed by atoms with van der Waals surface area (Å²) in [6.45, 7) is 26.7. The summed E-state index contributed by atoms with van der Waals surface area (Å²) in [5.74, 6) is 0.649. The second kappa shape index (κ2) is 9.76. The van der Waals surface area contributed by atoms with E-state index in [-0.39, 0.29) is 34.4 Å². The molecule has 0 amide bonds. The van der Waals surface area contributed by atoms with Gasteiger partial charge in [0.1, 0.15) is 17.2 Å². The van der Waals surface area contributed by atoms with Crippen LogP contribution in [0.5, 0.6) is 17.2 Å². The summed E-state index contributed by atoms with van der Waals surface area (Å²) in [7, 11) is 0. The molecule has 2 N–H and O–H groups in total. The number of phenolic OH excluding ortho intramolecular Hbond substituents is 2. The minimum absolute atomic E-state index is 0.197. The van der Waals surface area contributed by atoms with Gasteiger partial charge in [0.25, 0.3) is 0 Å². The fourth-order valence-corrected chi connectivity index (χ4v) is 4.58. The lowest BCUT2D eigenvalue weighted by Gasteiger charge is -2.30. The van der Waals surface area contributed by atoms with Crippen LogP contribution in [0.15, 0.2) is 18.2 Å². The lowest BCUT2D eigenvalue weighted by Crippen LogP contribution is -2.21. The molecule has 0 aliphatic rings. The molecule has 0 spiro atoms. The van der Waals surface area contributed by atoms with Gasteiger partial charge in [-0.15, -0.1) is 0 Å². The maximum Gasteiger partial charge on any atom is 0.311 e. The smallest absolute Gasteiger partial charge is 0.311 e. The maximum atomic E-state index is 13.1. The Kier molecular flexibility index (Phi) is 8.06. The van der Waals surface area contributed by atoms with Gasteiger partial charge in [-0.1, -0.05) is 95.2 Å². The number of carbonyl (C=O) groups excluding carboxylic acids is 1. The van der Waals surface area contributed by atoms with Crippen molar-refractivity contribution in [2.75, 3.05) is 0 Å². The quantitative estimate of drug-likeness (QED) is 0.331. The number of ether oxygens (including phenoxy) is 1. The lowest BCUT2D eigenvalue weighted by atomic mass is 9.78. The minimum atomic E-state index is -0.411. The number of phenols is 2. The summed E-state index contributed by atoms with van der Waals surface area (Å²) in [5, 5.41) is 22.2. The normalized spacial score (nSPS) is 13.1. The fraction of sp³-hybridized carbons (Fsp3) is 0.594. The molecule has 36 heavy (non-hydrogen) atoms. The van der Waals surface area contributed by atoms with Crippen molar-refractivity contribution in [3.8, 4) is 17.2 Å².